The van der Waals surface area contributed by atoms with Crippen molar-refractivity contribution >= 4 is 51.1 Å². The predicted molar refractivity (Wildman–Crippen MR) is 128 cm³/mol. The lowest BCUT2D eigenvalue weighted by atomic mass is 10.0. The van der Waals surface area contributed by atoms with Crippen LogP contribution in [0.4, 0.5) is 16.4 Å². The largest absolute Gasteiger partial charge is 0.507 e. The number of nitrogens with zero attached hydrogens (tertiary/aromatic N) is 1. The van der Waals surface area contributed by atoms with Gasteiger partial charge in [0.05, 0.1) is 22.1 Å². The van der Waals surface area contributed by atoms with E-state index in [1.807, 2.05) is 0 Å². The minimum atomic E-state index is -0.656. The summed E-state index contributed by atoms with van der Waals surface area (Å²) in [7, 11) is 0. The molecule has 0 aliphatic heterocycles. The summed E-state index contributed by atoms with van der Waals surface area (Å²) < 4.78 is 0. The number of non-ortho nitro benzene ring substituents is 1. The molecule has 4 rings (SSSR count). The number of amides is 2. The molecular weight excluding hydrogens is 466 g/mol. The van der Waals surface area contributed by atoms with Crippen LogP contribution in [0.1, 0.15) is 50.4 Å². The second kappa shape index (κ2) is 9.60. The van der Waals surface area contributed by atoms with Crippen LogP contribution in [0, 0.1) is 10.1 Å². The van der Waals surface area contributed by atoms with E-state index in [0.717, 1.165) is 54.7 Å². The smallest absolute Gasteiger partial charge is 0.273 e. The fourth-order valence-corrected chi connectivity index (χ4v) is 5.20. The Labute approximate surface area is 198 Å². The van der Waals surface area contributed by atoms with Gasteiger partial charge in [-0.3, -0.25) is 19.7 Å². The number of nitrogens with one attached hydrogen (secondary N) is 2. The van der Waals surface area contributed by atoms with Crippen LogP contribution in [-0.4, -0.2) is 21.8 Å². The molecule has 0 atom stereocenters. The van der Waals surface area contributed by atoms with Gasteiger partial charge < -0.3 is 15.7 Å². The Morgan fingerprint density at radius 1 is 1.00 bits per heavy atom. The van der Waals surface area contributed by atoms with Gasteiger partial charge >= 0.3 is 0 Å². The second-order valence-electron chi connectivity index (χ2n) is 7.64. The van der Waals surface area contributed by atoms with Crippen LogP contribution in [-0.2, 0) is 12.8 Å². The van der Waals surface area contributed by atoms with Crippen molar-refractivity contribution in [2.75, 3.05) is 10.6 Å². The number of fused-ring (bicyclic) bond motifs is 1. The van der Waals surface area contributed by atoms with E-state index >= 15 is 0 Å². The van der Waals surface area contributed by atoms with Gasteiger partial charge in [0.25, 0.3) is 17.5 Å². The molecule has 1 aromatic heterocycles. The molecule has 1 aliphatic carbocycles. The average Bonchev–Trinajstić information content (AvgIpc) is 2.95. The molecule has 8 nitrogen and oxygen atoms in total. The lowest BCUT2D eigenvalue weighted by Crippen LogP contribution is -2.18. The first kappa shape index (κ1) is 22.8. The van der Waals surface area contributed by atoms with Crippen molar-refractivity contribution in [3.8, 4) is 5.75 Å². The summed E-state index contributed by atoms with van der Waals surface area (Å²) in [5, 5.41) is 27.6. The zero-order valence-corrected chi connectivity index (χ0v) is 19.0. The lowest BCUT2D eigenvalue weighted by Gasteiger charge is -2.11. The number of carbonyl (C=O) groups is 2. The summed E-state index contributed by atoms with van der Waals surface area (Å²) in [6.45, 7) is 0. The molecule has 10 heteroatoms. The van der Waals surface area contributed by atoms with Crippen LogP contribution >= 0.6 is 22.9 Å². The number of rotatable bonds is 5. The number of nitro groups is 1. The van der Waals surface area contributed by atoms with E-state index in [-0.39, 0.29) is 17.2 Å². The van der Waals surface area contributed by atoms with Crippen molar-refractivity contribution in [1.82, 2.24) is 0 Å². The zero-order valence-electron chi connectivity index (χ0n) is 17.4. The quantitative estimate of drug-likeness (QED) is 0.240. The van der Waals surface area contributed by atoms with Gasteiger partial charge in [0, 0.05) is 21.7 Å². The molecule has 170 valence electrons. The maximum Gasteiger partial charge on any atom is 0.273 e. The van der Waals surface area contributed by atoms with Crippen molar-refractivity contribution in [2.24, 2.45) is 0 Å². The van der Waals surface area contributed by atoms with E-state index in [2.05, 4.69) is 10.6 Å². The molecule has 0 fully saturated rings. The number of phenols is 1. The molecule has 2 amide bonds. The van der Waals surface area contributed by atoms with Crippen LogP contribution in [0.3, 0.4) is 0 Å². The number of benzene rings is 2. The molecule has 0 unspecified atom stereocenters. The summed E-state index contributed by atoms with van der Waals surface area (Å²) in [4.78, 5) is 37.4. The molecule has 33 heavy (non-hydrogen) atoms. The van der Waals surface area contributed by atoms with Gasteiger partial charge in [0.2, 0.25) is 0 Å². The van der Waals surface area contributed by atoms with Crippen molar-refractivity contribution in [2.45, 2.75) is 32.1 Å². The number of carbonyl (C=O) groups excluding carboxylic acids is 2. The van der Waals surface area contributed by atoms with Gasteiger partial charge in [0.15, 0.2) is 0 Å². The monoisotopic (exact) mass is 485 g/mol. The Morgan fingerprint density at radius 3 is 2.42 bits per heavy atom. The van der Waals surface area contributed by atoms with Crippen LogP contribution < -0.4 is 10.6 Å². The first-order valence-electron chi connectivity index (χ1n) is 10.3. The lowest BCUT2D eigenvalue weighted by molar-refractivity contribution is -0.384. The summed E-state index contributed by atoms with van der Waals surface area (Å²) in [5.41, 5.74) is 1.46. The highest BCUT2D eigenvalue weighted by Gasteiger charge is 2.27. The normalized spacial score (nSPS) is 13.0. The molecule has 1 heterocycles. The molecule has 3 N–H and O–H groups in total. The minimum absolute atomic E-state index is 0.117. The van der Waals surface area contributed by atoms with Crippen LogP contribution in [0.2, 0.25) is 5.02 Å². The Bertz CT molecular complexity index is 1240. The fourth-order valence-electron chi connectivity index (χ4n) is 3.79. The molecule has 1 aliphatic rings. The van der Waals surface area contributed by atoms with Crippen molar-refractivity contribution in [3.05, 3.63) is 79.2 Å². The number of nitro benzene ring substituents is 1. The third kappa shape index (κ3) is 4.99. The third-order valence-corrected chi connectivity index (χ3v) is 6.87. The Morgan fingerprint density at radius 2 is 1.73 bits per heavy atom. The van der Waals surface area contributed by atoms with E-state index in [0.29, 0.717) is 21.3 Å². The van der Waals surface area contributed by atoms with E-state index < -0.39 is 16.6 Å². The zero-order chi connectivity index (χ0) is 23.5. The molecule has 3 aromatic rings. The van der Waals surface area contributed by atoms with Crippen molar-refractivity contribution < 1.29 is 19.6 Å². The molecule has 0 bridgehead atoms. The number of aryl methyl sites for hydroxylation is 1. The number of hydrogen-bond acceptors (Lipinski definition) is 6. The predicted octanol–water partition coefficient (Wildman–Crippen LogP) is 5.79. The maximum atomic E-state index is 13.3. The minimum Gasteiger partial charge on any atom is -0.507 e. The molecule has 0 spiro atoms. The van der Waals surface area contributed by atoms with Gasteiger partial charge in [-0.1, -0.05) is 18.0 Å². The van der Waals surface area contributed by atoms with E-state index in [1.54, 1.807) is 24.3 Å². The van der Waals surface area contributed by atoms with E-state index in [9.17, 15) is 24.8 Å². The number of hydrogen-bond donors (Lipinski definition) is 3. The van der Waals surface area contributed by atoms with Crippen LogP contribution in [0.5, 0.6) is 5.75 Å². The van der Waals surface area contributed by atoms with Crippen LogP contribution in [0.15, 0.2) is 42.5 Å². The third-order valence-electron chi connectivity index (χ3n) is 5.41. The van der Waals surface area contributed by atoms with Crippen LogP contribution in [0.25, 0.3) is 0 Å². The van der Waals surface area contributed by atoms with Gasteiger partial charge in [-0.05, 0) is 61.6 Å². The molecule has 0 saturated carbocycles. The maximum absolute atomic E-state index is 13.3. The van der Waals surface area contributed by atoms with Gasteiger partial charge in [-0.15, -0.1) is 11.3 Å². The first-order chi connectivity index (χ1) is 15.8. The van der Waals surface area contributed by atoms with Gasteiger partial charge in [-0.2, -0.15) is 0 Å². The van der Waals surface area contributed by atoms with Crippen molar-refractivity contribution in [3.63, 3.8) is 0 Å². The van der Waals surface area contributed by atoms with E-state index in [1.165, 1.54) is 17.4 Å². The Kier molecular flexibility index (Phi) is 6.62. The Hall–Kier alpha value is -3.43. The highest BCUT2D eigenvalue weighted by molar-refractivity contribution is 7.17. The highest BCUT2D eigenvalue weighted by atomic mass is 35.5. The van der Waals surface area contributed by atoms with Gasteiger partial charge in [0.1, 0.15) is 10.8 Å². The standard InChI is InChI=1S/C23H20ClN3O5S/c24-13-6-8-14(9-7-13)25-22(30)20-17-4-2-1-3-5-19(17)33-23(20)26-21(29)16-11-10-15(27(31)32)12-18(16)28/h6-12,28H,1-5H2,(H,25,30)(H,26,29). The van der Waals surface area contributed by atoms with E-state index in [4.69, 9.17) is 11.6 Å². The summed E-state index contributed by atoms with van der Waals surface area (Å²) in [6.07, 6.45) is 4.56. The number of phenolic OH excluding ortho intramolecular Hbond substituents is 1. The Balaban J connectivity index is 1.66. The number of aromatic hydroxyl groups is 1. The second-order valence-corrected chi connectivity index (χ2v) is 9.18. The molecule has 2 aromatic carbocycles. The molecule has 0 saturated heterocycles. The first-order valence-corrected chi connectivity index (χ1v) is 11.5. The SMILES string of the molecule is O=C(Nc1sc2c(c1C(=O)Nc1ccc(Cl)cc1)CCCCC2)c1ccc([N+](=O)[O-])cc1O. The number of halogens is 1. The average molecular weight is 486 g/mol. The fraction of sp³-hybridized carbons (Fsp3) is 0.217. The molecule has 0 radical (unpaired) electrons. The number of anilines is 2. The van der Waals surface area contributed by atoms with Gasteiger partial charge in [-0.25, -0.2) is 0 Å². The topological polar surface area (TPSA) is 122 Å². The summed E-state index contributed by atoms with van der Waals surface area (Å²) >= 11 is 7.27. The highest BCUT2D eigenvalue weighted by Crippen LogP contribution is 2.38. The summed E-state index contributed by atoms with van der Waals surface area (Å²) in [5.74, 6) is -1.51. The molecular formula is C23H20ClN3O5S. The van der Waals surface area contributed by atoms with Crippen molar-refractivity contribution in [1.29, 1.82) is 0 Å². The number of thiophene rings is 1. The summed E-state index contributed by atoms with van der Waals surface area (Å²) in [6, 6.07) is 9.99.